The Kier molecular flexibility index (Phi) is 10.5. The van der Waals surface area contributed by atoms with Crippen molar-refractivity contribution >= 4 is 28.4 Å². The molecule has 0 aliphatic heterocycles. The number of ketones is 2. The Morgan fingerprint density at radius 2 is 1.98 bits per heavy atom. The van der Waals surface area contributed by atoms with E-state index in [0.717, 1.165) is 47.2 Å². The third-order valence-electron chi connectivity index (χ3n) is 9.59. The van der Waals surface area contributed by atoms with Crippen LogP contribution in [0.2, 0.25) is 0 Å². The van der Waals surface area contributed by atoms with Crippen molar-refractivity contribution in [3.63, 3.8) is 0 Å². The van der Waals surface area contributed by atoms with Crippen LogP contribution in [0.3, 0.4) is 0 Å². The van der Waals surface area contributed by atoms with Crippen LogP contribution in [-0.2, 0) is 20.9 Å². The fourth-order valence-corrected chi connectivity index (χ4v) is 8.81. The summed E-state index contributed by atoms with van der Waals surface area (Å²) >= 11 is 1.10. The zero-order chi connectivity index (χ0) is 29.8. The summed E-state index contributed by atoms with van der Waals surface area (Å²) in [7, 11) is 1.59. The van der Waals surface area contributed by atoms with Gasteiger partial charge in [-0.15, -0.1) is 12.8 Å². The molecule has 4 aliphatic carbocycles. The molecule has 218 valence electrons. The Balaban J connectivity index is 0.000000339. The second kappa shape index (κ2) is 13.0. The summed E-state index contributed by atoms with van der Waals surface area (Å²) in [6.45, 7) is 8.56. The van der Waals surface area contributed by atoms with Crippen LogP contribution in [0.25, 0.3) is 0 Å². The van der Waals surface area contributed by atoms with E-state index in [1.807, 2.05) is 12.1 Å². The Morgan fingerprint density at radius 1 is 1.27 bits per heavy atom. The monoisotopic (exact) mass is 569 g/mol. The number of hydroxylamine groups is 2. The van der Waals surface area contributed by atoms with E-state index in [9.17, 15) is 19.5 Å². The van der Waals surface area contributed by atoms with E-state index in [1.165, 1.54) is 6.92 Å². The first-order chi connectivity index (χ1) is 18.9. The Morgan fingerprint density at radius 3 is 2.58 bits per heavy atom. The lowest BCUT2D eigenvalue weighted by molar-refractivity contribution is -0.138. The first-order valence-corrected chi connectivity index (χ1v) is 14.9. The molecular formula is C32H43NO6S. The van der Waals surface area contributed by atoms with Gasteiger partial charge in [-0.2, -0.15) is 5.06 Å². The zero-order valence-electron chi connectivity index (χ0n) is 24.2. The number of terminal acetylenes is 1. The van der Waals surface area contributed by atoms with Crippen molar-refractivity contribution in [2.75, 3.05) is 12.8 Å². The number of aliphatic hydroxyl groups is 1. The second-order valence-corrected chi connectivity index (χ2v) is 13.3. The number of nitrogens with zero attached hydrogens (tertiary/aromatic N) is 1. The van der Waals surface area contributed by atoms with E-state index in [4.69, 9.17) is 9.62 Å². The SMILES string of the molecule is C#C.CC(=O)SCC(=O)C1[C@H](C)CC2C3CCC4=CC(=O)C=CC4(C)C3C(O)CC21C.CN(O)Cc1ccoc1. The predicted octanol–water partition coefficient (Wildman–Crippen LogP) is 5.33. The fraction of sp³-hybridized carbons (Fsp3) is 0.594. The van der Waals surface area contributed by atoms with E-state index >= 15 is 0 Å². The number of furan rings is 1. The summed E-state index contributed by atoms with van der Waals surface area (Å²) in [5.74, 6) is 1.47. The summed E-state index contributed by atoms with van der Waals surface area (Å²) < 4.78 is 4.78. The molecule has 40 heavy (non-hydrogen) atoms. The molecule has 7 unspecified atom stereocenters. The molecule has 0 radical (unpaired) electrons. The lowest BCUT2D eigenvalue weighted by Crippen LogP contribution is -2.56. The van der Waals surface area contributed by atoms with Gasteiger partial charge in [0.15, 0.2) is 10.9 Å². The topological polar surface area (TPSA) is 108 Å². The highest BCUT2D eigenvalue weighted by Crippen LogP contribution is 2.67. The minimum Gasteiger partial charge on any atom is -0.472 e. The smallest absolute Gasteiger partial charge is 0.186 e. The maximum Gasteiger partial charge on any atom is 0.186 e. The van der Waals surface area contributed by atoms with Crippen LogP contribution >= 0.6 is 11.8 Å². The summed E-state index contributed by atoms with van der Waals surface area (Å²) in [5, 5.41) is 21.2. The molecule has 0 aromatic carbocycles. The molecule has 3 fully saturated rings. The van der Waals surface area contributed by atoms with Crippen LogP contribution in [0.4, 0.5) is 0 Å². The van der Waals surface area contributed by atoms with Gasteiger partial charge in [-0.05, 0) is 67.1 Å². The molecule has 1 aromatic rings. The molecule has 7 nitrogen and oxygen atoms in total. The van der Waals surface area contributed by atoms with Gasteiger partial charge < -0.3 is 14.7 Å². The molecule has 0 amide bonds. The number of carbonyl (C=O) groups is 3. The van der Waals surface area contributed by atoms with Crippen LogP contribution in [0.1, 0.15) is 58.9 Å². The quantitative estimate of drug-likeness (QED) is 0.362. The third-order valence-corrected chi connectivity index (χ3v) is 10.4. The van der Waals surface area contributed by atoms with Crippen molar-refractivity contribution < 1.29 is 29.1 Å². The maximum absolute atomic E-state index is 13.1. The molecule has 8 atom stereocenters. The molecule has 0 saturated heterocycles. The fourth-order valence-electron chi connectivity index (χ4n) is 8.29. The summed E-state index contributed by atoms with van der Waals surface area (Å²) in [5.41, 5.74) is 1.64. The lowest BCUT2D eigenvalue weighted by Gasteiger charge is -2.58. The van der Waals surface area contributed by atoms with E-state index in [2.05, 4.69) is 33.6 Å². The normalized spacial score (nSPS) is 35.6. The molecule has 5 rings (SSSR count). The number of aliphatic hydroxyl groups excluding tert-OH is 1. The van der Waals surface area contributed by atoms with Gasteiger partial charge in [-0.25, -0.2) is 0 Å². The Bertz CT molecular complexity index is 1150. The molecule has 2 N–H and O–H groups in total. The van der Waals surface area contributed by atoms with Crippen molar-refractivity contribution in [1.29, 1.82) is 0 Å². The summed E-state index contributed by atoms with van der Waals surface area (Å²) in [4.78, 5) is 36.4. The zero-order valence-corrected chi connectivity index (χ0v) is 25.0. The molecule has 8 heteroatoms. The van der Waals surface area contributed by atoms with Gasteiger partial charge in [-0.1, -0.05) is 44.2 Å². The predicted molar refractivity (Wildman–Crippen MR) is 156 cm³/mol. The van der Waals surface area contributed by atoms with Gasteiger partial charge in [0.05, 0.1) is 30.9 Å². The molecule has 3 saturated carbocycles. The van der Waals surface area contributed by atoms with Crippen LogP contribution in [0.15, 0.2) is 46.8 Å². The molecule has 1 aromatic heterocycles. The minimum absolute atomic E-state index is 0.0207. The van der Waals surface area contributed by atoms with Gasteiger partial charge in [0.2, 0.25) is 0 Å². The number of Topliss-reactive ketones (excluding diaryl/α,β-unsaturated/α-hetero) is 1. The molecule has 1 heterocycles. The Hall–Kier alpha value is -2.44. The second-order valence-electron chi connectivity index (χ2n) is 12.2. The standard InChI is InChI=1S/C24H32O4S.C6H9NO2.C2H2/c1-13-9-18-17-6-5-15-10-16(26)7-8-23(15,3)22(17)19(27)11-24(18,4)21(13)20(28)12-29-14(2)25;1-7(8)4-6-2-3-9-5-6;1-2/h7-8,10,13,17-19,21-22,27H,5-6,9,11-12H2,1-4H3;2-3,5,8H,4H2,1H3;1-2H/t13-,17?,18?,19?,21?,22?,23?,24?;;/m1../s1. The van der Waals surface area contributed by atoms with Crippen molar-refractivity contribution in [2.24, 2.45) is 40.4 Å². The highest BCUT2D eigenvalue weighted by Gasteiger charge is 2.64. The average molecular weight is 570 g/mol. The van der Waals surface area contributed by atoms with Crippen molar-refractivity contribution in [2.45, 2.75) is 66.0 Å². The first-order valence-electron chi connectivity index (χ1n) is 13.9. The molecular weight excluding hydrogens is 526 g/mol. The van der Waals surface area contributed by atoms with Crippen molar-refractivity contribution in [3.05, 3.63) is 48.0 Å². The van der Waals surface area contributed by atoms with Gasteiger partial charge in [-0.3, -0.25) is 14.4 Å². The van der Waals surface area contributed by atoms with Gasteiger partial charge in [0.1, 0.15) is 5.78 Å². The molecule has 0 bridgehead atoms. The van der Waals surface area contributed by atoms with Crippen LogP contribution in [0.5, 0.6) is 0 Å². The molecule has 4 aliphatic rings. The lowest BCUT2D eigenvalue weighted by atomic mass is 9.46. The maximum atomic E-state index is 13.1. The summed E-state index contributed by atoms with van der Waals surface area (Å²) in [6, 6.07) is 1.81. The van der Waals surface area contributed by atoms with E-state index in [0.29, 0.717) is 24.8 Å². The van der Waals surface area contributed by atoms with E-state index in [1.54, 1.807) is 31.7 Å². The number of thioether (sulfide) groups is 1. The van der Waals surface area contributed by atoms with E-state index < -0.39 is 6.10 Å². The number of carbonyl (C=O) groups excluding carboxylic acids is 3. The molecule has 0 spiro atoms. The highest BCUT2D eigenvalue weighted by atomic mass is 32.2. The summed E-state index contributed by atoms with van der Waals surface area (Å²) in [6.07, 6.45) is 19.6. The third kappa shape index (κ3) is 6.38. The average Bonchev–Trinajstić information content (AvgIpc) is 3.48. The van der Waals surface area contributed by atoms with Crippen molar-refractivity contribution in [3.8, 4) is 12.8 Å². The largest absolute Gasteiger partial charge is 0.472 e. The first kappa shape index (κ1) is 32.1. The number of hydrogen-bond acceptors (Lipinski definition) is 8. The highest BCUT2D eigenvalue weighted by molar-refractivity contribution is 8.14. The van der Waals surface area contributed by atoms with Crippen LogP contribution < -0.4 is 0 Å². The van der Waals surface area contributed by atoms with Gasteiger partial charge in [0, 0.05) is 36.8 Å². The Labute approximate surface area is 242 Å². The number of rotatable bonds is 5. The minimum atomic E-state index is -0.492. The van der Waals surface area contributed by atoms with Crippen molar-refractivity contribution in [1.82, 2.24) is 5.06 Å². The van der Waals surface area contributed by atoms with Gasteiger partial charge >= 0.3 is 0 Å². The number of fused-ring (bicyclic) bond motifs is 5. The number of hydrogen-bond donors (Lipinski definition) is 2. The van der Waals surface area contributed by atoms with Crippen LogP contribution in [0, 0.1) is 53.3 Å². The number of allylic oxidation sites excluding steroid dienone is 4. The van der Waals surface area contributed by atoms with E-state index in [-0.39, 0.29) is 51.0 Å². The van der Waals surface area contributed by atoms with Crippen LogP contribution in [-0.4, -0.2) is 51.0 Å². The van der Waals surface area contributed by atoms with Gasteiger partial charge in [0.25, 0.3) is 0 Å².